The summed E-state index contributed by atoms with van der Waals surface area (Å²) < 4.78 is 5.65. The van der Waals surface area contributed by atoms with Gasteiger partial charge in [0.1, 0.15) is 6.04 Å². The second kappa shape index (κ2) is 5.69. The molecule has 0 aromatic heterocycles. The molecule has 2 saturated heterocycles. The normalized spacial score (nSPS) is 31.1. The van der Waals surface area contributed by atoms with Gasteiger partial charge < -0.3 is 15.0 Å². The monoisotopic (exact) mass is 254 g/mol. The minimum Gasteiger partial charge on any atom is -0.376 e. The first kappa shape index (κ1) is 13.3. The third kappa shape index (κ3) is 2.66. The molecule has 0 radical (unpaired) electrons. The Morgan fingerprint density at radius 2 is 2.28 bits per heavy atom. The maximum Gasteiger partial charge on any atom is 0.245 e. The van der Waals surface area contributed by atoms with Crippen LogP contribution in [0.15, 0.2) is 0 Å². The van der Waals surface area contributed by atoms with E-state index in [9.17, 15) is 9.59 Å². The zero-order valence-corrected chi connectivity index (χ0v) is 11.1. The lowest BCUT2D eigenvalue weighted by atomic mass is 10.1. The Labute approximate surface area is 108 Å². The number of nitrogens with one attached hydrogen (secondary N) is 1. The Morgan fingerprint density at radius 3 is 2.89 bits per heavy atom. The summed E-state index contributed by atoms with van der Waals surface area (Å²) in [4.78, 5) is 25.8. The molecular weight excluding hydrogens is 232 g/mol. The van der Waals surface area contributed by atoms with E-state index in [0.717, 1.165) is 19.4 Å². The molecule has 3 atom stereocenters. The van der Waals surface area contributed by atoms with E-state index in [4.69, 9.17) is 4.74 Å². The van der Waals surface area contributed by atoms with Crippen molar-refractivity contribution in [3.8, 4) is 0 Å². The number of carbonyl (C=O) groups is 2. The average molecular weight is 254 g/mol. The molecule has 2 heterocycles. The van der Waals surface area contributed by atoms with Gasteiger partial charge in [0.25, 0.3) is 0 Å². The predicted octanol–water partition coefficient (Wildman–Crippen LogP) is 0.681. The smallest absolute Gasteiger partial charge is 0.245 e. The minimum atomic E-state index is -0.371. The summed E-state index contributed by atoms with van der Waals surface area (Å²) >= 11 is 0. The van der Waals surface area contributed by atoms with Crippen molar-refractivity contribution in [3.05, 3.63) is 0 Å². The van der Waals surface area contributed by atoms with Gasteiger partial charge in [0, 0.05) is 19.6 Å². The van der Waals surface area contributed by atoms with Crippen molar-refractivity contribution in [2.24, 2.45) is 0 Å². The first-order valence-corrected chi connectivity index (χ1v) is 6.85. The Bertz CT molecular complexity index is 326. The van der Waals surface area contributed by atoms with Crippen molar-refractivity contribution in [1.29, 1.82) is 0 Å². The van der Waals surface area contributed by atoms with Crippen molar-refractivity contribution in [2.75, 3.05) is 13.2 Å². The lowest BCUT2D eigenvalue weighted by Crippen LogP contribution is -2.50. The molecule has 5 nitrogen and oxygen atoms in total. The Kier molecular flexibility index (Phi) is 4.22. The van der Waals surface area contributed by atoms with Crippen molar-refractivity contribution in [2.45, 2.75) is 57.7 Å². The lowest BCUT2D eigenvalue weighted by Gasteiger charge is -2.33. The first-order valence-electron chi connectivity index (χ1n) is 6.85. The summed E-state index contributed by atoms with van der Waals surface area (Å²) in [6.45, 7) is 5.23. The second-order valence-electron chi connectivity index (χ2n) is 5.10. The van der Waals surface area contributed by atoms with Crippen LogP contribution in [0.2, 0.25) is 0 Å². The molecule has 18 heavy (non-hydrogen) atoms. The van der Waals surface area contributed by atoms with E-state index in [1.165, 1.54) is 0 Å². The standard InChI is InChI=1S/C13H22N2O3/c1-3-10-13(17)15(7-6-12(16)14-10)9(2)11-5-4-8-18-11/h9-11H,3-8H2,1-2H3,(H,14,16). The quantitative estimate of drug-likeness (QED) is 0.806. The van der Waals surface area contributed by atoms with Crippen LogP contribution in [0, 0.1) is 0 Å². The number of ether oxygens (including phenoxy) is 1. The van der Waals surface area contributed by atoms with Crippen molar-refractivity contribution in [1.82, 2.24) is 10.2 Å². The largest absolute Gasteiger partial charge is 0.376 e. The fourth-order valence-corrected chi connectivity index (χ4v) is 2.73. The lowest BCUT2D eigenvalue weighted by molar-refractivity contribution is -0.137. The fraction of sp³-hybridized carbons (Fsp3) is 0.846. The Morgan fingerprint density at radius 1 is 1.50 bits per heavy atom. The van der Waals surface area contributed by atoms with Crippen LogP contribution in [0.4, 0.5) is 0 Å². The summed E-state index contributed by atoms with van der Waals surface area (Å²) in [6, 6.07) is -0.314. The van der Waals surface area contributed by atoms with Crippen LogP contribution in [0.1, 0.15) is 39.5 Å². The summed E-state index contributed by atoms with van der Waals surface area (Å²) in [5, 5.41) is 2.78. The molecule has 0 bridgehead atoms. The van der Waals surface area contributed by atoms with Crippen LogP contribution in [0.3, 0.4) is 0 Å². The minimum absolute atomic E-state index is 0.0303. The summed E-state index contributed by atoms with van der Waals surface area (Å²) in [5.41, 5.74) is 0. The molecule has 0 saturated carbocycles. The van der Waals surface area contributed by atoms with Crippen LogP contribution in [0.5, 0.6) is 0 Å². The van der Waals surface area contributed by atoms with Gasteiger partial charge in [-0.05, 0) is 26.2 Å². The number of amides is 2. The van der Waals surface area contributed by atoms with Crippen LogP contribution in [0.25, 0.3) is 0 Å². The predicted molar refractivity (Wildman–Crippen MR) is 67.0 cm³/mol. The molecule has 102 valence electrons. The van der Waals surface area contributed by atoms with E-state index in [1.54, 1.807) is 0 Å². The zero-order chi connectivity index (χ0) is 13.1. The number of nitrogens with zero attached hydrogens (tertiary/aromatic N) is 1. The summed E-state index contributed by atoms with van der Waals surface area (Å²) in [5.74, 6) is 0.00332. The van der Waals surface area contributed by atoms with Gasteiger partial charge in [-0.2, -0.15) is 0 Å². The van der Waals surface area contributed by atoms with E-state index in [0.29, 0.717) is 19.4 Å². The number of hydrogen-bond donors (Lipinski definition) is 1. The highest BCUT2D eigenvalue weighted by molar-refractivity contribution is 5.90. The topological polar surface area (TPSA) is 58.6 Å². The first-order chi connectivity index (χ1) is 8.63. The molecule has 0 aromatic carbocycles. The highest BCUT2D eigenvalue weighted by Gasteiger charge is 2.35. The molecule has 5 heteroatoms. The van der Waals surface area contributed by atoms with Crippen molar-refractivity contribution in [3.63, 3.8) is 0 Å². The van der Waals surface area contributed by atoms with Gasteiger partial charge in [-0.15, -0.1) is 0 Å². The molecule has 2 fully saturated rings. The van der Waals surface area contributed by atoms with E-state index < -0.39 is 0 Å². The SMILES string of the molecule is CCC1NC(=O)CCN(C(C)C2CCCO2)C1=O. The summed E-state index contributed by atoms with van der Waals surface area (Å²) in [7, 11) is 0. The highest BCUT2D eigenvalue weighted by atomic mass is 16.5. The van der Waals surface area contributed by atoms with E-state index in [2.05, 4.69) is 5.32 Å². The fourth-order valence-electron chi connectivity index (χ4n) is 2.73. The van der Waals surface area contributed by atoms with Gasteiger partial charge in [-0.1, -0.05) is 6.92 Å². The van der Waals surface area contributed by atoms with E-state index in [1.807, 2.05) is 18.7 Å². The average Bonchev–Trinajstić information content (AvgIpc) is 2.84. The zero-order valence-electron chi connectivity index (χ0n) is 11.1. The van der Waals surface area contributed by atoms with Crippen LogP contribution >= 0.6 is 0 Å². The van der Waals surface area contributed by atoms with Gasteiger partial charge in [-0.25, -0.2) is 0 Å². The molecule has 2 rings (SSSR count). The maximum absolute atomic E-state index is 12.4. The van der Waals surface area contributed by atoms with Gasteiger partial charge in [-0.3, -0.25) is 9.59 Å². The molecule has 0 aromatic rings. The maximum atomic E-state index is 12.4. The molecule has 1 N–H and O–H groups in total. The van der Waals surface area contributed by atoms with Crippen molar-refractivity contribution >= 4 is 11.8 Å². The second-order valence-corrected chi connectivity index (χ2v) is 5.10. The molecule has 2 aliphatic heterocycles. The Hall–Kier alpha value is -1.10. The number of rotatable bonds is 3. The van der Waals surface area contributed by atoms with Crippen LogP contribution in [-0.2, 0) is 14.3 Å². The third-order valence-corrected chi connectivity index (χ3v) is 3.90. The molecule has 0 aliphatic carbocycles. The molecule has 2 aliphatic rings. The van der Waals surface area contributed by atoms with E-state index in [-0.39, 0.29) is 30.0 Å². The molecular formula is C13H22N2O3. The van der Waals surface area contributed by atoms with Crippen LogP contribution in [-0.4, -0.2) is 48.1 Å². The van der Waals surface area contributed by atoms with Gasteiger partial charge in [0.2, 0.25) is 11.8 Å². The van der Waals surface area contributed by atoms with Gasteiger partial charge in [0.15, 0.2) is 0 Å². The van der Waals surface area contributed by atoms with Crippen molar-refractivity contribution < 1.29 is 14.3 Å². The van der Waals surface area contributed by atoms with E-state index >= 15 is 0 Å². The number of hydrogen-bond acceptors (Lipinski definition) is 3. The molecule has 2 amide bonds. The number of carbonyl (C=O) groups excluding carboxylic acids is 2. The summed E-state index contributed by atoms with van der Waals surface area (Å²) in [6.07, 6.45) is 3.22. The Balaban J connectivity index is 2.09. The highest BCUT2D eigenvalue weighted by Crippen LogP contribution is 2.21. The van der Waals surface area contributed by atoms with Crippen LogP contribution < -0.4 is 5.32 Å². The molecule has 0 spiro atoms. The van der Waals surface area contributed by atoms with Gasteiger partial charge >= 0.3 is 0 Å². The molecule has 3 unspecified atom stereocenters. The van der Waals surface area contributed by atoms with Gasteiger partial charge in [0.05, 0.1) is 12.1 Å². The third-order valence-electron chi connectivity index (χ3n) is 3.90.